The van der Waals surface area contributed by atoms with Crippen LogP contribution in [0, 0.1) is 0 Å². The molecule has 1 heterocycles. The molecule has 1 aliphatic heterocycles. The highest BCUT2D eigenvalue weighted by Gasteiger charge is 2.36. The van der Waals surface area contributed by atoms with Crippen LogP contribution in [0.25, 0.3) is 0 Å². The number of halogens is 2. The van der Waals surface area contributed by atoms with Gasteiger partial charge < -0.3 is 19.5 Å². The number of amides is 2. The van der Waals surface area contributed by atoms with Crippen molar-refractivity contribution < 1.29 is 28.6 Å². The van der Waals surface area contributed by atoms with Crippen molar-refractivity contribution in [2.75, 3.05) is 32.7 Å². The van der Waals surface area contributed by atoms with Crippen LogP contribution in [0.5, 0.6) is 11.5 Å². The number of carbonyl (C=O) groups is 3. The lowest BCUT2D eigenvalue weighted by Gasteiger charge is -2.32. The Morgan fingerprint density at radius 2 is 1.69 bits per heavy atom. The van der Waals surface area contributed by atoms with Crippen molar-refractivity contribution in [3.8, 4) is 11.5 Å². The van der Waals surface area contributed by atoms with Crippen LogP contribution in [-0.2, 0) is 20.7 Å². The monoisotopic (exact) mass is 629 g/mol. The Morgan fingerprint density at radius 3 is 2.33 bits per heavy atom. The summed E-state index contributed by atoms with van der Waals surface area (Å²) in [7, 11) is 3.13. The third-order valence-corrected chi connectivity index (χ3v) is 7.86. The summed E-state index contributed by atoms with van der Waals surface area (Å²) in [5, 5.41) is 3.16. The lowest BCUT2D eigenvalue weighted by Crippen LogP contribution is -2.46. The molecule has 0 bridgehead atoms. The average Bonchev–Trinajstić information content (AvgIpc) is 2.96. The number of anilines is 1. The van der Waals surface area contributed by atoms with Gasteiger partial charge in [0.05, 0.1) is 32.1 Å². The van der Waals surface area contributed by atoms with Gasteiger partial charge in [0.1, 0.15) is 5.25 Å². The van der Waals surface area contributed by atoms with Crippen LogP contribution in [0.2, 0.25) is 10.0 Å². The van der Waals surface area contributed by atoms with Gasteiger partial charge >= 0.3 is 5.97 Å². The second-order valence-electron chi connectivity index (χ2n) is 9.10. The number of amidine groups is 1. The first-order valence-electron chi connectivity index (χ1n) is 13.0. The number of hydrogen-bond donors (Lipinski definition) is 1. The fraction of sp³-hybridized carbons (Fsp3) is 0.267. The number of methoxy groups -OCH3 is 2. The quantitative estimate of drug-likeness (QED) is 0.259. The minimum atomic E-state index is -0.745. The molecular formula is C30H29Cl2N3O6S. The summed E-state index contributed by atoms with van der Waals surface area (Å²) in [6.07, 6.45) is 0.475. The molecule has 9 nitrogen and oxygen atoms in total. The second kappa shape index (κ2) is 14.4. The molecule has 1 fully saturated rings. The van der Waals surface area contributed by atoms with Crippen LogP contribution < -0.4 is 14.8 Å². The molecular weight excluding hydrogens is 601 g/mol. The molecule has 0 radical (unpaired) electrons. The number of hydrogen-bond acceptors (Lipinski definition) is 8. The van der Waals surface area contributed by atoms with E-state index in [-0.39, 0.29) is 24.8 Å². The molecule has 3 aromatic rings. The predicted molar refractivity (Wildman–Crippen MR) is 166 cm³/mol. The molecule has 2 amide bonds. The minimum Gasteiger partial charge on any atom is -0.493 e. The van der Waals surface area contributed by atoms with Gasteiger partial charge in [0.15, 0.2) is 16.7 Å². The van der Waals surface area contributed by atoms with Crippen LogP contribution in [-0.4, -0.2) is 60.5 Å². The summed E-state index contributed by atoms with van der Waals surface area (Å²) in [6.45, 7) is 2.32. The summed E-state index contributed by atoms with van der Waals surface area (Å²) in [5.74, 6) is 0.127. The normalized spacial score (nSPS) is 15.8. The van der Waals surface area contributed by atoms with Crippen LogP contribution in [0.4, 0.5) is 11.4 Å². The van der Waals surface area contributed by atoms with Crippen molar-refractivity contribution in [2.45, 2.75) is 25.0 Å². The molecule has 0 saturated carbocycles. The molecule has 0 aliphatic carbocycles. The van der Waals surface area contributed by atoms with Crippen molar-refractivity contribution in [1.29, 1.82) is 0 Å². The highest BCUT2D eigenvalue weighted by Crippen LogP contribution is 2.32. The number of thioether (sulfide) groups is 1. The smallest absolute Gasteiger partial charge is 0.338 e. The zero-order valence-electron chi connectivity index (χ0n) is 23.2. The van der Waals surface area contributed by atoms with Crippen molar-refractivity contribution in [1.82, 2.24) is 4.90 Å². The number of esters is 1. The fourth-order valence-corrected chi connectivity index (χ4v) is 5.83. The van der Waals surface area contributed by atoms with Crippen molar-refractivity contribution >= 4 is 69.3 Å². The number of benzene rings is 3. The van der Waals surface area contributed by atoms with Gasteiger partial charge in [-0.3, -0.25) is 14.5 Å². The lowest BCUT2D eigenvalue weighted by molar-refractivity contribution is -0.129. The number of carbonyl (C=O) groups excluding carboxylic acids is 3. The van der Waals surface area contributed by atoms with Gasteiger partial charge in [0.2, 0.25) is 11.8 Å². The van der Waals surface area contributed by atoms with E-state index in [0.29, 0.717) is 56.6 Å². The Balaban J connectivity index is 1.58. The Kier molecular flexibility index (Phi) is 10.7. The molecule has 1 unspecified atom stereocenters. The summed E-state index contributed by atoms with van der Waals surface area (Å²) in [4.78, 5) is 45.0. The molecule has 220 valence electrons. The van der Waals surface area contributed by atoms with Crippen molar-refractivity contribution in [3.63, 3.8) is 0 Å². The van der Waals surface area contributed by atoms with E-state index in [2.05, 4.69) is 5.32 Å². The number of aliphatic imine (C=N–C) groups is 1. The molecule has 4 rings (SSSR count). The van der Waals surface area contributed by atoms with E-state index in [0.717, 1.165) is 5.56 Å². The SMILES string of the molecule is CCOC(=O)c1ccc(N=C2SC(C(=O)Nc3cc(Cl)cc(Cl)c3)CC(=O)N2CCc2ccc(OC)c(OC)c2)cc1. The van der Waals surface area contributed by atoms with Crippen LogP contribution >= 0.6 is 35.0 Å². The maximum atomic E-state index is 13.4. The average molecular weight is 631 g/mol. The first-order chi connectivity index (χ1) is 20.2. The fourth-order valence-electron chi connectivity index (χ4n) is 4.18. The highest BCUT2D eigenvalue weighted by atomic mass is 35.5. The van der Waals surface area contributed by atoms with E-state index in [1.54, 1.807) is 68.5 Å². The maximum Gasteiger partial charge on any atom is 0.338 e. The number of ether oxygens (including phenoxy) is 3. The van der Waals surface area contributed by atoms with E-state index in [4.69, 9.17) is 42.4 Å². The van der Waals surface area contributed by atoms with Gasteiger partial charge in [0.25, 0.3) is 0 Å². The predicted octanol–water partition coefficient (Wildman–Crippen LogP) is 6.39. The van der Waals surface area contributed by atoms with Crippen LogP contribution in [0.15, 0.2) is 65.7 Å². The molecule has 42 heavy (non-hydrogen) atoms. The molecule has 3 aromatic carbocycles. The maximum absolute atomic E-state index is 13.4. The van der Waals surface area contributed by atoms with Gasteiger partial charge in [0, 0.05) is 28.7 Å². The Morgan fingerprint density at radius 1 is 1.00 bits per heavy atom. The van der Waals surface area contributed by atoms with Gasteiger partial charge in [-0.1, -0.05) is 41.0 Å². The number of nitrogens with zero attached hydrogens (tertiary/aromatic N) is 2. The van der Waals surface area contributed by atoms with E-state index in [1.165, 1.54) is 11.8 Å². The summed E-state index contributed by atoms with van der Waals surface area (Å²) >= 11 is 13.3. The molecule has 0 aromatic heterocycles. The zero-order chi connectivity index (χ0) is 30.2. The zero-order valence-corrected chi connectivity index (χ0v) is 25.5. The number of nitrogens with one attached hydrogen (secondary N) is 1. The Hall–Kier alpha value is -3.73. The van der Waals surface area contributed by atoms with Crippen molar-refractivity contribution in [2.24, 2.45) is 4.99 Å². The molecule has 0 spiro atoms. The molecule has 1 saturated heterocycles. The Labute approximate surface area is 258 Å². The summed E-state index contributed by atoms with van der Waals surface area (Å²) in [6, 6.07) is 16.8. The summed E-state index contributed by atoms with van der Waals surface area (Å²) < 4.78 is 15.8. The molecule has 1 N–H and O–H groups in total. The van der Waals surface area contributed by atoms with Gasteiger partial charge in [-0.15, -0.1) is 0 Å². The van der Waals surface area contributed by atoms with E-state index >= 15 is 0 Å². The molecule has 1 atom stereocenters. The van der Waals surface area contributed by atoms with Gasteiger partial charge in [-0.25, -0.2) is 9.79 Å². The lowest BCUT2D eigenvalue weighted by atomic mass is 10.1. The minimum absolute atomic E-state index is 0.0302. The van der Waals surface area contributed by atoms with Crippen LogP contribution in [0.1, 0.15) is 29.3 Å². The standard InChI is InChI=1S/C30H29Cl2N3O6S/c1-4-41-29(38)19-6-8-22(9-7-19)34-30-35(12-11-18-5-10-24(39-2)25(13-18)40-3)27(36)17-26(42-30)28(37)33-23-15-20(31)14-21(32)16-23/h5-10,13-16,26H,4,11-12,17H2,1-3H3,(H,33,37). The van der Waals surface area contributed by atoms with Crippen LogP contribution in [0.3, 0.4) is 0 Å². The third kappa shape index (κ3) is 7.96. The molecule has 1 aliphatic rings. The second-order valence-corrected chi connectivity index (χ2v) is 11.1. The first-order valence-corrected chi connectivity index (χ1v) is 14.6. The largest absolute Gasteiger partial charge is 0.493 e. The van der Waals surface area contributed by atoms with E-state index in [9.17, 15) is 14.4 Å². The first kappa shape index (κ1) is 31.2. The van der Waals surface area contributed by atoms with Gasteiger partial charge in [-0.05, 0) is 73.5 Å². The highest BCUT2D eigenvalue weighted by molar-refractivity contribution is 8.15. The van der Waals surface area contributed by atoms with Crippen molar-refractivity contribution in [3.05, 3.63) is 81.8 Å². The van der Waals surface area contributed by atoms with Gasteiger partial charge in [-0.2, -0.15) is 0 Å². The number of rotatable bonds is 10. The van der Waals surface area contributed by atoms with E-state index in [1.807, 2.05) is 18.2 Å². The topological polar surface area (TPSA) is 107 Å². The molecule has 12 heteroatoms. The Bertz CT molecular complexity index is 1480. The third-order valence-electron chi connectivity index (χ3n) is 6.24. The van der Waals surface area contributed by atoms with E-state index < -0.39 is 11.2 Å². The summed E-state index contributed by atoms with van der Waals surface area (Å²) in [5.41, 5.74) is 2.25.